The van der Waals surface area contributed by atoms with Crippen LogP contribution in [0.15, 0.2) is 29.8 Å². The van der Waals surface area contributed by atoms with Crippen molar-refractivity contribution >= 4 is 35.6 Å². The van der Waals surface area contributed by atoms with Crippen molar-refractivity contribution in [2.24, 2.45) is 5.92 Å². The Morgan fingerprint density at radius 3 is 2.52 bits per heavy atom. The van der Waals surface area contributed by atoms with Gasteiger partial charge in [0.25, 0.3) is 0 Å². The summed E-state index contributed by atoms with van der Waals surface area (Å²) in [5.41, 5.74) is 4.92. The monoisotopic (exact) mass is 466 g/mol. The molecule has 9 heteroatoms. The number of carbonyl (C=O) groups excluding carboxylic acids is 2. The number of rotatable bonds is 7. The SMILES string of the molecule is CN[C@H](C(=O)N1C[C@H](O)CC1C(=O)NCc1ccc(-c2scnc2C)cc1)C(C)C.Cl. The van der Waals surface area contributed by atoms with Crippen LogP contribution < -0.4 is 10.6 Å². The zero-order valence-electron chi connectivity index (χ0n) is 18.3. The number of benzene rings is 1. The Kier molecular flexibility index (Phi) is 9.00. The first-order chi connectivity index (χ1) is 14.3. The molecule has 170 valence electrons. The Labute approximate surface area is 193 Å². The number of nitrogens with one attached hydrogen (secondary N) is 2. The van der Waals surface area contributed by atoms with Crippen molar-refractivity contribution < 1.29 is 14.7 Å². The zero-order valence-corrected chi connectivity index (χ0v) is 19.9. The summed E-state index contributed by atoms with van der Waals surface area (Å²) >= 11 is 1.61. The van der Waals surface area contributed by atoms with Crippen LogP contribution in [0, 0.1) is 12.8 Å². The number of halogens is 1. The number of aromatic nitrogens is 1. The molecule has 0 spiro atoms. The van der Waals surface area contributed by atoms with Gasteiger partial charge in [0.1, 0.15) is 6.04 Å². The molecule has 2 heterocycles. The molecule has 31 heavy (non-hydrogen) atoms. The topological polar surface area (TPSA) is 94.6 Å². The standard InChI is InChI=1S/C22H30N4O3S.ClH/c1-13(2)19(23-4)22(29)26-11-17(27)9-18(26)21(28)24-10-15-5-7-16(8-6-15)20-14(3)25-12-30-20;/h5-8,12-13,17-19,23,27H,9-11H2,1-4H3,(H,24,28);1H/t17-,18?,19+;/m1./s1. The molecule has 1 fully saturated rings. The first-order valence-electron chi connectivity index (χ1n) is 10.2. The van der Waals surface area contributed by atoms with Gasteiger partial charge in [0, 0.05) is 19.5 Å². The number of aliphatic hydroxyl groups is 1. The van der Waals surface area contributed by atoms with Gasteiger partial charge in [-0.2, -0.15) is 0 Å². The zero-order chi connectivity index (χ0) is 21.8. The van der Waals surface area contributed by atoms with Crippen LogP contribution in [0.4, 0.5) is 0 Å². The molecule has 3 rings (SSSR count). The Balaban J connectivity index is 0.00000341. The molecule has 0 bridgehead atoms. The lowest BCUT2D eigenvalue weighted by atomic mass is 10.0. The number of nitrogens with zero attached hydrogens (tertiary/aromatic N) is 2. The smallest absolute Gasteiger partial charge is 0.243 e. The molecule has 3 N–H and O–H groups in total. The van der Waals surface area contributed by atoms with E-state index in [1.807, 2.05) is 50.5 Å². The quantitative estimate of drug-likeness (QED) is 0.582. The maximum absolute atomic E-state index is 12.9. The number of carbonyl (C=O) groups is 2. The number of aliphatic hydroxyl groups excluding tert-OH is 1. The van der Waals surface area contributed by atoms with Crippen LogP contribution in [0.1, 0.15) is 31.5 Å². The van der Waals surface area contributed by atoms with E-state index >= 15 is 0 Å². The van der Waals surface area contributed by atoms with Crippen molar-refractivity contribution in [3.63, 3.8) is 0 Å². The van der Waals surface area contributed by atoms with Gasteiger partial charge in [0.15, 0.2) is 0 Å². The van der Waals surface area contributed by atoms with Crippen molar-refractivity contribution in [1.82, 2.24) is 20.5 Å². The van der Waals surface area contributed by atoms with Crippen LogP contribution in [-0.4, -0.2) is 58.6 Å². The van der Waals surface area contributed by atoms with E-state index in [-0.39, 0.29) is 49.1 Å². The number of aryl methyl sites for hydroxylation is 1. The first-order valence-corrected chi connectivity index (χ1v) is 11.1. The van der Waals surface area contributed by atoms with E-state index in [0.717, 1.165) is 21.7 Å². The summed E-state index contributed by atoms with van der Waals surface area (Å²) in [6.07, 6.45) is -0.424. The third-order valence-corrected chi connectivity index (χ3v) is 6.51. The Bertz CT molecular complexity index is 887. The highest BCUT2D eigenvalue weighted by Gasteiger charge is 2.41. The number of likely N-dealkylation sites (tertiary alicyclic amines) is 1. The molecule has 1 aromatic heterocycles. The predicted octanol–water partition coefficient (Wildman–Crippen LogP) is 2.36. The molecule has 0 radical (unpaired) electrons. The molecule has 1 unspecified atom stereocenters. The first kappa shape index (κ1) is 25.3. The average Bonchev–Trinajstić information content (AvgIpc) is 3.32. The predicted molar refractivity (Wildman–Crippen MR) is 125 cm³/mol. The van der Waals surface area contributed by atoms with E-state index in [2.05, 4.69) is 15.6 Å². The second-order valence-corrected chi connectivity index (χ2v) is 8.94. The fourth-order valence-electron chi connectivity index (χ4n) is 3.89. The highest BCUT2D eigenvalue weighted by Crippen LogP contribution is 2.27. The van der Waals surface area contributed by atoms with Gasteiger partial charge in [0.2, 0.25) is 11.8 Å². The van der Waals surface area contributed by atoms with E-state index in [9.17, 15) is 14.7 Å². The van der Waals surface area contributed by atoms with Crippen LogP contribution in [0.2, 0.25) is 0 Å². The van der Waals surface area contributed by atoms with Gasteiger partial charge in [-0.1, -0.05) is 38.1 Å². The molecule has 1 aromatic carbocycles. The molecular weight excluding hydrogens is 436 g/mol. The summed E-state index contributed by atoms with van der Waals surface area (Å²) in [6, 6.07) is 6.98. The van der Waals surface area contributed by atoms with Gasteiger partial charge in [-0.05, 0) is 31.0 Å². The Hall–Kier alpha value is -2.00. The lowest BCUT2D eigenvalue weighted by Gasteiger charge is -2.29. The van der Waals surface area contributed by atoms with Gasteiger partial charge in [-0.25, -0.2) is 4.98 Å². The van der Waals surface area contributed by atoms with Crippen LogP contribution in [0.3, 0.4) is 0 Å². The number of hydrogen-bond donors (Lipinski definition) is 3. The molecule has 1 aliphatic heterocycles. The summed E-state index contributed by atoms with van der Waals surface area (Å²) in [5, 5.41) is 16.0. The van der Waals surface area contributed by atoms with E-state index in [1.165, 1.54) is 4.90 Å². The summed E-state index contributed by atoms with van der Waals surface area (Å²) in [7, 11) is 1.74. The van der Waals surface area contributed by atoms with Crippen LogP contribution in [-0.2, 0) is 16.1 Å². The van der Waals surface area contributed by atoms with Crippen LogP contribution in [0.5, 0.6) is 0 Å². The number of likely N-dealkylation sites (N-methyl/N-ethyl adjacent to an activating group) is 1. The minimum Gasteiger partial charge on any atom is -0.391 e. The summed E-state index contributed by atoms with van der Waals surface area (Å²) in [4.78, 5) is 32.6. The van der Waals surface area contributed by atoms with Crippen molar-refractivity contribution in [2.75, 3.05) is 13.6 Å². The van der Waals surface area contributed by atoms with Crippen molar-refractivity contribution in [2.45, 2.75) is 51.9 Å². The highest BCUT2D eigenvalue weighted by atomic mass is 35.5. The Morgan fingerprint density at radius 1 is 1.29 bits per heavy atom. The van der Waals surface area contributed by atoms with Gasteiger partial charge in [-0.15, -0.1) is 23.7 Å². The third kappa shape index (κ3) is 5.83. The molecule has 3 atom stereocenters. The van der Waals surface area contributed by atoms with Gasteiger partial charge < -0.3 is 20.6 Å². The highest BCUT2D eigenvalue weighted by molar-refractivity contribution is 7.13. The molecule has 0 aliphatic carbocycles. The minimum atomic E-state index is -0.684. The van der Waals surface area contributed by atoms with E-state index in [1.54, 1.807) is 18.4 Å². The van der Waals surface area contributed by atoms with Gasteiger partial charge in [0.05, 0.1) is 28.2 Å². The Morgan fingerprint density at radius 2 is 1.97 bits per heavy atom. The largest absolute Gasteiger partial charge is 0.391 e. The molecule has 0 saturated carbocycles. The van der Waals surface area contributed by atoms with Gasteiger partial charge in [-0.3, -0.25) is 9.59 Å². The summed E-state index contributed by atoms with van der Waals surface area (Å²) in [5.74, 6) is -0.293. The third-order valence-electron chi connectivity index (χ3n) is 5.54. The fraction of sp³-hybridized carbons (Fsp3) is 0.500. The summed E-state index contributed by atoms with van der Waals surface area (Å²) in [6.45, 7) is 6.46. The normalized spacial score (nSPS) is 19.2. The molecule has 2 amide bonds. The molecular formula is C22H31ClN4O3S. The van der Waals surface area contributed by atoms with Crippen LogP contribution in [0.25, 0.3) is 10.4 Å². The maximum Gasteiger partial charge on any atom is 0.243 e. The molecule has 1 saturated heterocycles. The van der Waals surface area contributed by atoms with E-state index < -0.39 is 12.1 Å². The van der Waals surface area contributed by atoms with Crippen molar-refractivity contribution in [3.05, 3.63) is 41.0 Å². The van der Waals surface area contributed by atoms with E-state index in [4.69, 9.17) is 0 Å². The van der Waals surface area contributed by atoms with Crippen LogP contribution >= 0.6 is 23.7 Å². The molecule has 7 nitrogen and oxygen atoms in total. The second-order valence-electron chi connectivity index (χ2n) is 8.09. The summed E-state index contributed by atoms with van der Waals surface area (Å²) < 4.78 is 0. The average molecular weight is 467 g/mol. The number of amides is 2. The minimum absolute atomic E-state index is 0. The van der Waals surface area contributed by atoms with Crippen molar-refractivity contribution in [3.8, 4) is 10.4 Å². The van der Waals surface area contributed by atoms with Crippen molar-refractivity contribution in [1.29, 1.82) is 0 Å². The molecule has 1 aliphatic rings. The number of thiazole rings is 1. The number of hydrogen-bond acceptors (Lipinski definition) is 6. The fourth-order valence-corrected chi connectivity index (χ4v) is 4.70. The van der Waals surface area contributed by atoms with Gasteiger partial charge >= 0.3 is 0 Å². The second kappa shape index (κ2) is 11.0. The lowest BCUT2D eigenvalue weighted by Crippen LogP contribution is -2.53. The molecule has 2 aromatic rings. The lowest BCUT2D eigenvalue weighted by molar-refractivity contribution is -0.140. The number of β-amino-alcohol motifs (C(OH)–C–C–N with tert-alkyl or cyclic N) is 1. The van der Waals surface area contributed by atoms with E-state index in [0.29, 0.717) is 6.54 Å². The maximum atomic E-state index is 12.9.